The van der Waals surface area contributed by atoms with E-state index in [4.69, 9.17) is 9.15 Å². The zero-order chi connectivity index (χ0) is 19.3. The summed E-state index contributed by atoms with van der Waals surface area (Å²) in [6, 6.07) is 3.39. The van der Waals surface area contributed by atoms with Crippen molar-refractivity contribution in [3.05, 3.63) is 44.6 Å². The summed E-state index contributed by atoms with van der Waals surface area (Å²) in [5.41, 5.74) is 0.639. The van der Waals surface area contributed by atoms with Gasteiger partial charge < -0.3 is 19.8 Å². The van der Waals surface area contributed by atoms with Gasteiger partial charge >= 0.3 is 5.97 Å². The molecule has 0 unspecified atom stereocenters. The smallest absolute Gasteiger partial charge is 0.341 e. The standard InChI is InChI=1S/C17H17BrN2O5S/c1-4-24-17(23)13-9(2)14(15(22)19-3)26-16(13)20-12(21)8-6-10-5-7-11(18)25-10/h5-8H,4H2,1-3H3,(H,19,22)(H,20,21)/b8-6+. The second-order valence-corrected chi connectivity index (χ2v) is 6.83. The minimum atomic E-state index is -0.592. The maximum atomic E-state index is 12.2. The zero-order valence-corrected chi connectivity index (χ0v) is 16.7. The SMILES string of the molecule is CCOC(=O)c1c(NC(=O)/C=C/c2ccc(Br)o2)sc(C(=O)NC)c1C. The van der Waals surface area contributed by atoms with Crippen LogP contribution in [0, 0.1) is 6.92 Å². The third-order valence-electron chi connectivity index (χ3n) is 3.29. The number of hydrogen-bond acceptors (Lipinski definition) is 6. The maximum Gasteiger partial charge on any atom is 0.341 e. The number of amides is 2. The van der Waals surface area contributed by atoms with E-state index in [1.165, 1.54) is 19.2 Å². The molecule has 0 aromatic carbocycles. The van der Waals surface area contributed by atoms with Crippen molar-refractivity contribution in [2.75, 3.05) is 19.0 Å². The summed E-state index contributed by atoms with van der Waals surface area (Å²) in [5.74, 6) is -0.904. The van der Waals surface area contributed by atoms with E-state index in [1.807, 2.05) is 0 Å². The fourth-order valence-electron chi connectivity index (χ4n) is 2.11. The Labute approximate surface area is 162 Å². The Hall–Kier alpha value is -2.39. The molecule has 2 rings (SSSR count). The molecule has 2 aromatic rings. The summed E-state index contributed by atoms with van der Waals surface area (Å²) in [7, 11) is 1.49. The topological polar surface area (TPSA) is 97.6 Å². The number of rotatable bonds is 6. The van der Waals surface area contributed by atoms with Gasteiger partial charge in [0.15, 0.2) is 4.67 Å². The molecule has 0 bridgehead atoms. The number of carbonyl (C=O) groups is 3. The Balaban J connectivity index is 2.28. The Morgan fingerprint density at radius 2 is 2.08 bits per heavy atom. The van der Waals surface area contributed by atoms with E-state index in [0.29, 0.717) is 20.9 Å². The van der Waals surface area contributed by atoms with E-state index in [0.717, 1.165) is 11.3 Å². The van der Waals surface area contributed by atoms with E-state index in [1.54, 1.807) is 26.0 Å². The van der Waals surface area contributed by atoms with Gasteiger partial charge in [-0.1, -0.05) is 0 Å². The number of nitrogens with one attached hydrogen (secondary N) is 2. The first-order valence-electron chi connectivity index (χ1n) is 7.64. The predicted molar refractivity (Wildman–Crippen MR) is 102 cm³/mol. The molecule has 0 radical (unpaired) electrons. The Bertz CT molecular complexity index is 869. The average molecular weight is 441 g/mol. The van der Waals surface area contributed by atoms with Crippen LogP contribution in [0.3, 0.4) is 0 Å². The van der Waals surface area contributed by atoms with Gasteiger partial charge in [-0.15, -0.1) is 11.3 Å². The van der Waals surface area contributed by atoms with Crippen LogP contribution in [0.2, 0.25) is 0 Å². The molecule has 0 atom stereocenters. The van der Waals surface area contributed by atoms with Crippen molar-refractivity contribution < 1.29 is 23.5 Å². The molecule has 7 nitrogen and oxygen atoms in total. The summed E-state index contributed by atoms with van der Waals surface area (Å²) >= 11 is 4.19. The minimum Gasteiger partial charge on any atom is -0.462 e. The van der Waals surface area contributed by atoms with E-state index in [9.17, 15) is 14.4 Å². The van der Waals surface area contributed by atoms with E-state index >= 15 is 0 Å². The zero-order valence-electron chi connectivity index (χ0n) is 14.3. The second-order valence-electron chi connectivity index (χ2n) is 5.02. The van der Waals surface area contributed by atoms with Crippen molar-refractivity contribution in [2.45, 2.75) is 13.8 Å². The summed E-state index contributed by atoms with van der Waals surface area (Å²) in [6.07, 6.45) is 2.76. The van der Waals surface area contributed by atoms with Crippen molar-refractivity contribution in [3.63, 3.8) is 0 Å². The maximum absolute atomic E-state index is 12.2. The van der Waals surface area contributed by atoms with Gasteiger partial charge in [-0.2, -0.15) is 0 Å². The molecule has 0 saturated heterocycles. The van der Waals surface area contributed by atoms with Gasteiger partial charge in [0.25, 0.3) is 5.91 Å². The highest BCUT2D eigenvalue weighted by Gasteiger charge is 2.25. The summed E-state index contributed by atoms with van der Waals surface area (Å²) < 4.78 is 10.9. The molecule has 0 aliphatic rings. The fourth-order valence-corrected chi connectivity index (χ4v) is 3.57. The van der Waals surface area contributed by atoms with Crippen LogP contribution in [-0.4, -0.2) is 31.4 Å². The number of anilines is 1. The highest BCUT2D eigenvalue weighted by Crippen LogP contribution is 2.33. The predicted octanol–water partition coefficient (Wildman–Crippen LogP) is 3.60. The Morgan fingerprint density at radius 3 is 2.65 bits per heavy atom. The molecule has 0 aliphatic carbocycles. The van der Waals surface area contributed by atoms with Crippen LogP contribution in [0.25, 0.3) is 6.08 Å². The third kappa shape index (κ3) is 4.61. The molecule has 138 valence electrons. The van der Waals surface area contributed by atoms with Gasteiger partial charge in [-0.25, -0.2) is 4.79 Å². The van der Waals surface area contributed by atoms with Crippen LogP contribution in [0.1, 0.15) is 38.3 Å². The lowest BCUT2D eigenvalue weighted by molar-refractivity contribution is -0.111. The highest BCUT2D eigenvalue weighted by molar-refractivity contribution is 9.10. The fraction of sp³-hybridized carbons (Fsp3) is 0.235. The minimum absolute atomic E-state index is 0.179. The molecule has 2 aromatic heterocycles. The number of halogens is 1. The van der Waals surface area contributed by atoms with Crippen LogP contribution in [-0.2, 0) is 9.53 Å². The number of ether oxygens (including phenoxy) is 1. The molecule has 2 N–H and O–H groups in total. The molecule has 2 heterocycles. The summed E-state index contributed by atoms with van der Waals surface area (Å²) in [6.45, 7) is 3.50. The molecule has 0 spiro atoms. The van der Waals surface area contributed by atoms with Crippen molar-refractivity contribution in [1.82, 2.24) is 5.32 Å². The number of esters is 1. The molecule has 0 aliphatic heterocycles. The van der Waals surface area contributed by atoms with Gasteiger partial charge in [-0.3, -0.25) is 9.59 Å². The van der Waals surface area contributed by atoms with E-state index in [2.05, 4.69) is 26.6 Å². The molecular formula is C17H17BrN2O5S. The van der Waals surface area contributed by atoms with Gasteiger partial charge in [0.2, 0.25) is 5.91 Å². The highest BCUT2D eigenvalue weighted by atomic mass is 79.9. The van der Waals surface area contributed by atoms with Crippen LogP contribution >= 0.6 is 27.3 Å². The number of thiophene rings is 1. The van der Waals surface area contributed by atoms with Crippen LogP contribution in [0.15, 0.2) is 27.3 Å². The van der Waals surface area contributed by atoms with Crippen molar-refractivity contribution >= 4 is 56.1 Å². The second kappa shape index (κ2) is 8.81. The first-order chi connectivity index (χ1) is 12.4. The van der Waals surface area contributed by atoms with Crippen LogP contribution < -0.4 is 10.6 Å². The van der Waals surface area contributed by atoms with Crippen molar-refractivity contribution in [3.8, 4) is 0 Å². The Morgan fingerprint density at radius 1 is 1.35 bits per heavy atom. The number of furan rings is 1. The average Bonchev–Trinajstić information content (AvgIpc) is 3.15. The van der Waals surface area contributed by atoms with E-state index < -0.39 is 11.9 Å². The summed E-state index contributed by atoms with van der Waals surface area (Å²) in [5, 5.41) is 5.40. The van der Waals surface area contributed by atoms with Crippen molar-refractivity contribution in [1.29, 1.82) is 0 Å². The molecule has 2 amide bonds. The van der Waals surface area contributed by atoms with Crippen LogP contribution in [0.5, 0.6) is 0 Å². The van der Waals surface area contributed by atoms with Gasteiger partial charge in [0.05, 0.1) is 17.0 Å². The normalized spacial score (nSPS) is 10.8. The monoisotopic (exact) mass is 440 g/mol. The molecule has 0 fully saturated rings. The first-order valence-corrected chi connectivity index (χ1v) is 9.25. The quantitative estimate of drug-likeness (QED) is 0.528. The first kappa shape index (κ1) is 19.9. The Kier molecular flexibility index (Phi) is 6.76. The lowest BCUT2D eigenvalue weighted by Gasteiger charge is -2.05. The molecule has 9 heteroatoms. The van der Waals surface area contributed by atoms with Gasteiger partial charge in [0, 0.05) is 13.1 Å². The lowest BCUT2D eigenvalue weighted by Crippen LogP contribution is -2.17. The summed E-state index contributed by atoms with van der Waals surface area (Å²) in [4.78, 5) is 36.7. The van der Waals surface area contributed by atoms with E-state index in [-0.39, 0.29) is 23.1 Å². The lowest BCUT2D eigenvalue weighted by atomic mass is 10.1. The molecule has 26 heavy (non-hydrogen) atoms. The van der Waals surface area contributed by atoms with Crippen molar-refractivity contribution in [2.24, 2.45) is 0 Å². The third-order valence-corrected chi connectivity index (χ3v) is 4.92. The largest absolute Gasteiger partial charge is 0.462 e. The van der Waals surface area contributed by atoms with Gasteiger partial charge in [-0.05, 0) is 53.5 Å². The molecular weight excluding hydrogens is 424 g/mol. The van der Waals surface area contributed by atoms with Gasteiger partial charge in [0.1, 0.15) is 10.8 Å². The number of carbonyl (C=O) groups excluding carboxylic acids is 3. The number of hydrogen-bond donors (Lipinski definition) is 2. The molecule has 0 saturated carbocycles. The van der Waals surface area contributed by atoms with Crippen LogP contribution in [0.4, 0.5) is 5.00 Å².